The smallest absolute Gasteiger partial charge is 0.407 e. The number of fused-ring (bicyclic) bond motifs is 1. The highest BCUT2D eigenvalue weighted by molar-refractivity contribution is 5.98. The lowest BCUT2D eigenvalue weighted by molar-refractivity contribution is -0.119. The molecule has 3 aromatic carbocycles. The van der Waals surface area contributed by atoms with Gasteiger partial charge in [-0.2, -0.15) is 4.98 Å². The summed E-state index contributed by atoms with van der Waals surface area (Å²) in [5, 5.41) is 6.11. The van der Waals surface area contributed by atoms with E-state index >= 15 is 0 Å². The van der Waals surface area contributed by atoms with E-state index in [-0.39, 0.29) is 18.5 Å². The van der Waals surface area contributed by atoms with E-state index < -0.39 is 23.4 Å². The second-order valence-electron chi connectivity index (χ2n) is 11.1. The maximum atomic E-state index is 13.9. The van der Waals surface area contributed by atoms with Crippen molar-refractivity contribution in [2.45, 2.75) is 59.2 Å². The van der Waals surface area contributed by atoms with Crippen LogP contribution in [0, 0.1) is 6.92 Å². The van der Waals surface area contributed by atoms with E-state index in [9.17, 15) is 14.4 Å². The molecular weight excluding hydrogens is 548 g/mol. The van der Waals surface area contributed by atoms with Gasteiger partial charge in [0.15, 0.2) is 0 Å². The van der Waals surface area contributed by atoms with E-state index in [1.165, 1.54) is 0 Å². The van der Waals surface area contributed by atoms with Gasteiger partial charge in [0, 0.05) is 25.2 Å². The van der Waals surface area contributed by atoms with E-state index in [0.29, 0.717) is 35.2 Å². The van der Waals surface area contributed by atoms with Crippen LogP contribution in [-0.2, 0) is 22.5 Å². The van der Waals surface area contributed by atoms with Crippen LogP contribution in [0.25, 0.3) is 10.9 Å². The maximum Gasteiger partial charge on any atom is 0.407 e. The van der Waals surface area contributed by atoms with Crippen LogP contribution >= 0.6 is 0 Å². The molecule has 10 nitrogen and oxygen atoms in total. The van der Waals surface area contributed by atoms with Gasteiger partial charge >= 0.3 is 11.7 Å². The van der Waals surface area contributed by atoms with Crippen molar-refractivity contribution >= 4 is 34.6 Å². The SMILES string of the molecule is CCN(C(=O)C(Cc1ccc(OC)cc1)Nc1nc2ccc(CNC(=O)OC(C)(C)C)c(C)c2c(=O)o1)c1ccccc1. The lowest BCUT2D eigenvalue weighted by Gasteiger charge is -2.27. The van der Waals surface area contributed by atoms with Crippen LogP contribution in [-0.4, -0.2) is 42.3 Å². The summed E-state index contributed by atoms with van der Waals surface area (Å²) in [4.78, 5) is 45.5. The highest BCUT2D eigenvalue weighted by atomic mass is 16.6. The molecular formula is C33H38N4O6. The number of ether oxygens (including phenoxy) is 2. The first-order chi connectivity index (χ1) is 20.5. The molecule has 10 heteroatoms. The molecule has 2 amide bonds. The number of hydrogen-bond donors (Lipinski definition) is 2. The molecule has 226 valence electrons. The molecule has 4 aromatic rings. The molecule has 0 fully saturated rings. The Labute approximate surface area is 251 Å². The summed E-state index contributed by atoms with van der Waals surface area (Å²) in [5.41, 5.74) is 2.18. The molecule has 0 saturated heterocycles. The van der Waals surface area contributed by atoms with Crippen LogP contribution < -0.4 is 25.9 Å². The van der Waals surface area contributed by atoms with Crippen molar-refractivity contribution in [1.82, 2.24) is 10.3 Å². The zero-order valence-electron chi connectivity index (χ0n) is 25.4. The van der Waals surface area contributed by atoms with Gasteiger partial charge in [0.05, 0.1) is 18.0 Å². The van der Waals surface area contributed by atoms with Gasteiger partial charge in [0.2, 0.25) is 5.91 Å². The van der Waals surface area contributed by atoms with Crippen molar-refractivity contribution in [3.05, 3.63) is 93.8 Å². The first-order valence-corrected chi connectivity index (χ1v) is 14.1. The summed E-state index contributed by atoms with van der Waals surface area (Å²) in [7, 11) is 1.59. The van der Waals surface area contributed by atoms with Gasteiger partial charge in [-0.3, -0.25) is 4.79 Å². The molecule has 0 spiro atoms. The fourth-order valence-electron chi connectivity index (χ4n) is 4.71. The summed E-state index contributed by atoms with van der Waals surface area (Å²) < 4.78 is 16.2. The number of amides is 2. The van der Waals surface area contributed by atoms with Crippen LogP contribution in [0.5, 0.6) is 5.75 Å². The minimum Gasteiger partial charge on any atom is -0.497 e. The molecule has 1 unspecified atom stereocenters. The van der Waals surface area contributed by atoms with E-state index in [1.54, 1.807) is 51.8 Å². The quantitative estimate of drug-likeness (QED) is 0.246. The third-order valence-electron chi connectivity index (χ3n) is 6.84. The van der Waals surface area contributed by atoms with Gasteiger partial charge in [0.1, 0.15) is 17.4 Å². The predicted molar refractivity (Wildman–Crippen MR) is 167 cm³/mol. The first kappa shape index (κ1) is 31.1. The van der Waals surface area contributed by atoms with Gasteiger partial charge in [-0.05, 0) is 81.6 Å². The van der Waals surface area contributed by atoms with Crippen LogP contribution in [0.4, 0.5) is 16.5 Å². The molecule has 0 bridgehead atoms. The fraction of sp³-hybridized carbons (Fsp3) is 0.333. The number of nitrogens with zero attached hydrogens (tertiary/aromatic N) is 2. The molecule has 0 aliphatic carbocycles. The molecule has 0 radical (unpaired) electrons. The van der Waals surface area contributed by atoms with Crippen LogP contribution in [0.1, 0.15) is 44.4 Å². The zero-order valence-corrected chi connectivity index (χ0v) is 25.4. The summed E-state index contributed by atoms with van der Waals surface area (Å²) in [6, 6.07) is 19.5. The Morgan fingerprint density at radius 1 is 1.02 bits per heavy atom. The number of alkyl carbamates (subject to hydrolysis) is 1. The van der Waals surface area contributed by atoms with Gasteiger partial charge in [-0.15, -0.1) is 0 Å². The number of benzene rings is 3. The second kappa shape index (κ2) is 13.4. The monoisotopic (exact) mass is 586 g/mol. The van der Waals surface area contributed by atoms with Crippen molar-refractivity contribution in [1.29, 1.82) is 0 Å². The summed E-state index contributed by atoms with van der Waals surface area (Å²) in [6.45, 7) is 9.64. The lowest BCUT2D eigenvalue weighted by atomic mass is 10.0. The highest BCUT2D eigenvalue weighted by Crippen LogP contribution is 2.22. The Kier molecular flexibility index (Phi) is 9.70. The van der Waals surface area contributed by atoms with Crippen LogP contribution in [0.15, 0.2) is 75.9 Å². The maximum absolute atomic E-state index is 13.9. The van der Waals surface area contributed by atoms with Crippen LogP contribution in [0.3, 0.4) is 0 Å². The van der Waals surface area contributed by atoms with E-state index in [1.807, 2.05) is 61.5 Å². The minimum absolute atomic E-state index is 0.0625. The summed E-state index contributed by atoms with van der Waals surface area (Å²) in [5.74, 6) is 0.506. The normalized spacial score (nSPS) is 12.0. The topological polar surface area (TPSA) is 123 Å². The number of hydrogen-bond acceptors (Lipinski definition) is 8. The van der Waals surface area contributed by atoms with Crippen molar-refractivity contribution in [3.8, 4) is 5.75 Å². The van der Waals surface area contributed by atoms with Crippen LogP contribution in [0.2, 0.25) is 0 Å². The average molecular weight is 587 g/mol. The largest absolute Gasteiger partial charge is 0.497 e. The number of carbonyl (C=O) groups is 2. The molecule has 4 rings (SSSR count). The summed E-state index contributed by atoms with van der Waals surface area (Å²) in [6.07, 6.45) is -0.245. The number of para-hydroxylation sites is 1. The van der Waals surface area contributed by atoms with Gasteiger partial charge in [0.25, 0.3) is 6.01 Å². The van der Waals surface area contributed by atoms with E-state index in [2.05, 4.69) is 15.6 Å². The Morgan fingerprint density at radius 3 is 2.35 bits per heavy atom. The number of likely N-dealkylation sites (N-methyl/N-ethyl adjacent to an activating group) is 1. The van der Waals surface area contributed by atoms with E-state index in [4.69, 9.17) is 13.9 Å². The third kappa shape index (κ3) is 7.91. The fourth-order valence-corrected chi connectivity index (χ4v) is 4.71. The van der Waals surface area contributed by atoms with Gasteiger partial charge in [-0.1, -0.05) is 36.4 Å². The zero-order chi connectivity index (χ0) is 31.1. The number of rotatable bonds is 10. The molecule has 0 saturated carbocycles. The highest BCUT2D eigenvalue weighted by Gasteiger charge is 2.27. The summed E-state index contributed by atoms with van der Waals surface area (Å²) >= 11 is 0. The average Bonchev–Trinajstić information content (AvgIpc) is 2.96. The number of aryl methyl sites for hydroxylation is 1. The Hall–Kier alpha value is -4.86. The second-order valence-corrected chi connectivity index (χ2v) is 11.1. The Balaban J connectivity index is 1.63. The minimum atomic E-state index is -0.792. The van der Waals surface area contributed by atoms with Crippen molar-refractivity contribution in [3.63, 3.8) is 0 Å². The number of methoxy groups -OCH3 is 1. The first-order valence-electron chi connectivity index (χ1n) is 14.1. The Morgan fingerprint density at radius 2 is 1.72 bits per heavy atom. The number of nitrogens with one attached hydrogen (secondary N) is 2. The molecule has 0 aliphatic rings. The lowest BCUT2D eigenvalue weighted by Crippen LogP contribution is -2.44. The predicted octanol–water partition coefficient (Wildman–Crippen LogP) is 5.61. The van der Waals surface area contributed by atoms with Gasteiger partial charge in [-0.25, -0.2) is 9.59 Å². The third-order valence-corrected chi connectivity index (χ3v) is 6.84. The van der Waals surface area contributed by atoms with Crippen molar-refractivity contribution < 1.29 is 23.5 Å². The molecule has 1 heterocycles. The molecule has 1 atom stereocenters. The molecule has 43 heavy (non-hydrogen) atoms. The number of aromatic nitrogens is 1. The van der Waals surface area contributed by atoms with Crippen molar-refractivity contribution in [2.75, 3.05) is 23.9 Å². The molecule has 2 N–H and O–H groups in total. The molecule has 0 aliphatic heterocycles. The molecule has 1 aromatic heterocycles. The number of carbonyl (C=O) groups excluding carboxylic acids is 2. The van der Waals surface area contributed by atoms with Gasteiger partial charge < -0.3 is 29.4 Å². The standard InChI is InChI=1S/C33H38N4O6/c1-7-37(24-11-9-8-10-12-24)29(38)27(19-22-13-16-25(41-6)17-14-22)36-31-35-26-18-15-23(21(2)28(26)30(39)42-31)20-34-32(40)43-33(3,4)5/h8-18,27H,7,19-20H2,1-6H3,(H,34,40)(H,35,36). The van der Waals surface area contributed by atoms with E-state index in [0.717, 1.165) is 16.8 Å². The Bertz CT molecular complexity index is 1630. The van der Waals surface area contributed by atoms with Crippen molar-refractivity contribution in [2.24, 2.45) is 0 Å². The number of anilines is 2.